The molecule has 10 aromatic rings. The van der Waals surface area contributed by atoms with Gasteiger partial charge in [0.2, 0.25) is 0 Å². The van der Waals surface area contributed by atoms with E-state index in [9.17, 15) is 0 Å². The van der Waals surface area contributed by atoms with Crippen LogP contribution in [0.4, 0.5) is 51.2 Å². The van der Waals surface area contributed by atoms with E-state index in [4.69, 9.17) is 14.7 Å². The summed E-state index contributed by atoms with van der Waals surface area (Å²) < 4.78 is 6.34. The van der Waals surface area contributed by atoms with Crippen molar-refractivity contribution in [3.8, 4) is 34.0 Å². The van der Waals surface area contributed by atoms with Gasteiger partial charge in [0.1, 0.15) is 0 Å². The van der Waals surface area contributed by atoms with Gasteiger partial charge < -0.3 is 19.4 Å². The minimum Gasteiger partial charge on any atom is -0.453 e. The molecule has 0 unspecified atom stereocenters. The lowest BCUT2D eigenvalue weighted by Crippen LogP contribution is -2.36. The van der Waals surface area contributed by atoms with Gasteiger partial charge in [0.25, 0.3) is 0 Å². The zero-order valence-corrected chi connectivity index (χ0v) is 35.2. The van der Waals surface area contributed by atoms with E-state index in [1.54, 1.807) is 0 Å². The van der Waals surface area contributed by atoms with Crippen LogP contribution < -0.4 is 19.4 Å². The predicted octanol–water partition coefficient (Wildman–Crippen LogP) is 15.3. The van der Waals surface area contributed by atoms with Crippen LogP contribution in [0.5, 0.6) is 11.5 Å². The second kappa shape index (κ2) is 14.7. The largest absolute Gasteiger partial charge is 0.453 e. The fourth-order valence-electron chi connectivity index (χ4n) is 10.4. The molecule has 0 N–H and O–H groups in total. The molecular formula is C59H39N5O. The van der Waals surface area contributed by atoms with Crippen molar-refractivity contribution < 1.29 is 4.74 Å². The summed E-state index contributed by atoms with van der Waals surface area (Å²) in [4.78, 5) is 17.2. The van der Waals surface area contributed by atoms with E-state index in [2.05, 4.69) is 215 Å². The number of para-hydroxylation sites is 7. The molecule has 4 heterocycles. The molecule has 1 aliphatic carbocycles. The lowest BCUT2D eigenvalue weighted by Gasteiger charge is -2.45. The van der Waals surface area contributed by atoms with Crippen LogP contribution in [0.3, 0.4) is 0 Å². The Hall–Kier alpha value is -8.74. The van der Waals surface area contributed by atoms with Crippen LogP contribution in [0.2, 0.25) is 0 Å². The van der Waals surface area contributed by atoms with E-state index < -0.39 is 5.41 Å². The highest BCUT2D eigenvalue weighted by molar-refractivity contribution is 5.97. The van der Waals surface area contributed by atoms with Gasteiger partial charge in [-0.3, -0.25) is 9.97 Å². The molecule has 6 nitrogen and oxygen atoms in total. The van der Waals surface area contributed by atoms with Crippen molar-refractivity contribution in [2.75, 3.05) is 14.7 Å². The van der Waals surface area contributed by atoms with Crippen molar-refractivity contribution in [3.05, 3.63) is 259 Å². The van der Waals surface area contributed by atoms with Gasteiger partial charge in [-0.15, -0.1) is 0 Å². The van der Waals surface area contributed by atoms with Gasteiger partial charge in [-0.1, -0.05) is 109 Å². The summed E-state index contributed by atoms with van der Waals surface area (Å²) in [6, 6.07) is 80.0. The Kier molecular flexibility index (Phi) is 8.33. The van der Waals surface area contributed by atoms with Gasteiger partial charge >= 0.3 is 0 Å². The number of benzene rings is 8. The molecule has 0 radical (unpaired) electrons. The fourth-order valence-corrected chi connectivity index (χ4v) is 10.4. The summed E-state index contributed by atoms with van der Waals surface area (Å²) in [5, 5.41) is 0. The zero-order valence-electron chi connectivity index (χ0n) is 35.2. The third kappa shape index (κ3) is 5.60. The van der Waals surface area contributed by atoms with Gasteiger partial charge in [-0.2, -0.15) is 0 Å². The van der Waals surface area contributed by atoms with Crippen molar-refractivity contribution >= 4 is 51.2 Å². The van der Waals surface area contributed by atoms with Crippen molar-refractivity contribution in [1.82, 2.24) is 9.97 Å². The predicted molar refractivity (Wildman–Crippen MR) is 262 cm³/mol. The van der Waals surface area contributed by atoms with Gasteiger partial charge in [0, 0.05) is 40.8 Å². The second-order valence-corrected chi connectivity index (χ2v) is 16.6. The van der Waals surface area contributed by atoms with Crippen LogP contribution in [0.25, 0.3) is 22.5 Å². The molecule has 0 fully saturated rings. The Labute approximate surface area is 377 Å². The first kappa shape index (κ1) is 36.9. The number of rotatable bonds is 6. The molecule has 6 heteroatoms. The molecule has 0 amide bonds. The molecule has 2 aromatic heterocycles. The summed E-state index contributed by atoms with van der Waals surface area (Å²) in [5.74, 6) is 1.66. The number of fused-ring (bicyclic) bond motifs is 11. The summed E-state index contributed by atoms with van der Waals surface area (Å²) in [7, 11) is 0. The van der Waals surface area contributed by atoms with E-state index in [1.807, 2.05) is 36.7 Å². The van der Waals surface area contributed by atoms with Gasteiger partial charge in [0.15, 0.2) is 11.5 Å². The summed E-state index contributed by atoms with van der Waals surface area (Å²) in [6.45, 7) is 0. The molecule has 306 valence electrons. The lowest BCUT2D eigenvalue weighted by atomic mass is 9.64. The van der Waals surface area contributed by atoms with Crippen molar-refractivity contribution in [2.24, 2.45) is 0 Å². The van der Waals surface area contributed by atoms with Crippen LogP contribution in [0.15, 0.2) is 237 Å². The third-order valence-corrected chi connectivity index (χ3v) is 13.1. The lowest BCUT2D eigenvalue weighted by molar-refractivity contribution is 0.477. The minimum absolute atomic E-state index is 0.768. The fraction of sp³-hybridized carbons (Fsp3) is 0.0169. The maximum atomic E-state index is 6.34. The highest BCUT2D eigenvalue weighted by Crippen LogP contribution is 2.64. The minimum atomic E-state index is -0.768. The summed E-state index contributed by atoms with van der Waals surface area (Å²) in [5.41, 5.74) is 17.4. The first-order valence-electron chi connectivity index (χ1n) is 22.0. The number of nitrogens with zero attached hydrogens (tertiary/aromatic N) is 5. The average Bonchev–Trinajstić information content (AvgIpc) is 3.67. The highest BCUT2D eigenvalue weighted by atomic mass is 16.5. The maximum absolute atomic E-state index is 6.34. The zero-order chi connectivity index (χ0) is 42.9. The molecule has 0 atom stereocenters. The van der Waals surface area contributed by atoms with E-state index in [0.29, 0.717) is 0 Å². The number of anilines is 9. The third-order valence-electron chi connectivity index (χ3n) is 13.1. The topological polar surface area (TPSA) is 44.7 Å². The van der Waals surface area contributed by atoms with Crippen molar-refractivity contribution in [1.29, 1.82) is 0 Å². The van der Waals surface area contributed by atoms with Gasteiger partial charge in [0.05, 0.1) is 39.6 Å². The molecule has 1 spiro atoms. The Morgan fingerprint density at radius 3 is 1.43 bits per heavy atom. The summed E-state index contributed by atoms with van der Waals surface area (Å²) in [6.07, 6.45) is 3.78. The van der Waals surface area contributed by atoms with Crippen LogP contribution in [-0.2, 0) is 5.41 Å². The molecule has 3 aliphatic rings. The standard InChI is InChI=1S/C59H39N5O/c1-4-16-42(17-5-1)62(43-18-6-2-7-19-43)46-33-35-52-50(39-46)59(47-22-14-36-60-57(47)58-48(59)23-15-37-61-58)49-38-41(30-34-51(49)63(52)44-20-8-3-9-21-44)40-28-31-45(32-29-40)64-53-24-10-12-26-55(53)65-56-27-13-11-25-54(56)64/h1-39H. The van der Waals surface area contributed by atoms with E-state index >= 15 is 0 Å². The monoisotopic (exact) mass is 833 g/mol. The molecule has 13 rings (SSSR count). The molecule has 0 bridgehead atoms. The average molecular weight is 834 g/mol. The molecule has 0 saturated carbocycles. The Balaban J connectivity index is 1.05. The quantitative estimate of drug-likeness (QED) is 0.166. The van der Waals surface area contributed by atoms with E-state index in [0.717, 1.165) is 107 Å². The molecule has 0 saturated heterocycles. The van der Waals surface area contributed by atoms with Gasteiger partial charge in [-0.25, -0.2) is 0 Å². The van der Waals surface area contributed by atoms with Gasteiger partial charge in [-0.05, 0) is 149 Å². The molecule has 2 aliphatic heterocycles. The number of hydrogen-bond acceptors (Lipinski definition) is 6. The number of hydrogen-bond donors (Lipinski definition) is 0. The first-order valence-corrected chi connectivity index (χ1v) is 22.0. The van der Waals surface area contributed by atoms with Crippen LogP contribution in [-0.4, -0.2) is 9.97 Å². The summed E-state index contributed by atoms with van der Waals surface area (Å²) >= 11 is 0. The van der Waals surface area contributed by atoms with E-state index in [-0.39, 0.29) is 0 Å². The maximum Gasteiger partial charge on any atom is 0.151 e. The molecule has 65 heavy (non-hydrogen) atoms. The highest BCUT2D eigenvalue weighted by Gasteiger charge is 2.53. The SMILES string of the molecule is c1ccc(N(c2ccccc2)c2ccc3c(c2)C2(c4cc(-c5ccc(N6c7ccccc7Oc7ccccc76)cc5)ccc4N3c3ccccc3)c3cccnc3-c3ncccc32)cc1. The number of ether oxygens (including phenoxy) is 1. The van der Waals surface area contributed by atoms with Crippen LogP contribution in [0, 0.1) is 0 Å². The number of pyridine rings is 2. The van der Waals surface area contributed by atoms with E-state index in [1.165, 1.54) is 0 Å². The van der Waals surface area contributed by atoms with Crippen molar-refractivity contribution in [2.45, 2.75) is 5.41 Å². The smallest absolute Gasteiger partial charge is 0.151 e. The number of aromatic nitrogens is 2. The van der Waals surface area contributed by atoms with Crippen molar-refractivity contribution in [3.63, 3.8) is 0 Å². The molecule has 8 aromatic carbocycles. The normalized spacial score (nSPS) is 13.4. The molecular weight excluding hydrogens is 795 g/mol. The first-order chi connectivity index (χ1) is 32.3. The Morgan fingerprint density at radius 1 is 0.354 bits per heavy atom. The van der Waals surface area contributed by atoms with Crippen LogP contribution >= 0.6 is 0 Å². The second-order valence-electron chi connectivity index (χ2n) is 16.6. The van der Waals surface area contributed by atoms with Crippen LogP contribution in [0.1, 0.15) is 22.3 Å². The Bertz CT molecular complexity index is 3300. The Morgan fingerprint density at radius 2 is 0.831 bits per heavy atom.